The highest BCUT2D eigenvalue weighted by atomic mass is 16.6. The van der Waals surface area contributed by atoms with E-state index in [0.29, 0.717) is 26.1 Å². The first-order chi connectivity index (χ1) is 14.1. The maximum Gasteiger partial charge on any atom is 0.408 e. The van der Waals surface area contributed by atoms with Crippen LogP contribution < -0.4 is 5.32 Å². The van der Waals surface area contributed by atoms with Gasteiger partial charge < -0.3 is 14.8 Å². The molecule has 0 heterocycles. The number of hydrogen-bond acceptors (Lipinski definition) is 4. The molecule has 1 saturated carbocycles. The van der Waals surface area contributed by atoms with Crippen LogP contribution in [0.3, 0.4) is 0 Å². The topological polar surface area (TPSA) is 64.6 Å². The largest absolute Gasteiger partial charge is 0.464 e. The molecule has 0 spiro atoms. The van der Waals surface area contributed by atoms with E-state index < -0.39 is 11.6 Å². The molecule has 1 N–H and O–H groups in total. The van der Waals surface area contributed by atoms with Crippen molar-refractivity contribution in [3.05, 3.63) is 0 Å². The fourth-order valence-electron chi connectivity index (χ4n) is 4.03. The van der Waals surface area contributed by atoms with Gasteiger partial charge in [-0.1, -0.05) is 97.3 Å². The zero-order valence-electron chi connectivity index (χ0n) is 19.1. The lowest BCUT2D eigenvalue weighted by Gasteiger charge is -2.27. The summed E-state index contributed by atoms with van der Waals surface area (Å²) in [5.74, 6) is -0.286. The van der Waals surface area contributed by atoms with Crippen LogP contribution in [0, 0.1) is 0 Å². The van der Waals surface area contributed by atoms with Crippen LogP contribution in [-0.2, 0) is 14.3 Å². The molecule has 1 amide bonds. The molecule has 1 aliphatic carbocycles. The van der Waals surface area contributed by atoms with Gasteiger partial charge in [-0.05, 0) is 25.7 Å². The van der Waals surface area contributed by atoms with Gasteiger partial charge in [-0.3, -0.25) is 0 Å². The summed E-state index contributed by atoms with van der Waals surface area (Å²) >= 11 is 0. The summed E-state index contributed by atoms with van der Waals surface area (Å²) in [5.41, 5.74) is -0.873. The lowest BCUT2D eigenvalue weighted by molar-refractivity contribution is -0.151. The summed E-state index contributed by atoms with van der Waals surface area (Å²) < 4.78 is 10.6. The summed E-state index contributed by atoms with van der Waals surface area (Å²) in [4.78, 5) is 24.5. The van der Waals surface area contributed by atoms with Crippen LogP contribution in [0.1, 0.15) is 123 Å². The predicted molar refractivity (Wildman–Crippen MR) is 118 cm³/mol. The van der Waals surface area contributed by atoms with Crippen LogP contribution in [-0.4, -0.2) is 30.8 Å². The van der Waals surface area contributed by atoms with E-state index in [2.05, 4.69) is 12.2 Å². The quantitative estimate of drug-likeness (QED) is 0.214. The van der Waals surface area contributed by atoms with E-state index in [-0.39, 0.29) is 5.97 Å². The molecule has 29 heavy (non-hydrogen) atoms. The zero-order valence-corrected chi connectivity index (χ0v) is 19.1. The van der Waals surface area contributed by atoms with Gasteiger partial charge in [-0.15, -0.1) is 0 Å². The van der Waals surface area contributed by atoms with Crippen LogP contribution in [0.4, 0.5) is 4.79 Å². The normalized spacial score (nSPS) is 15.2. The summed E-state index contributed by atoms with van der Waals surface area (Å²) in [5, 5.41) is 2.79. The minimum atomic E-state index is -0.873. The molecule has 0 radical (unpaired) electrons. The van der Waals surface area contributed by atoms with Gasteiger partial charge in [-0.2, -0.15) is 0 Å². The molecule has 0 bridgehead atoms. The van der Waals surface area contributed by atoms with Crippen molar-refractivity contribution in [2.45, 2.75) is 129 Å². The monoisotopic (exact) mass is 411 g/mol. The van der Waals surface area contributed by atoms with Gasteiger partial charge in [0.05, 0.1) is 13.2 Å². The highest BCUT2D eigenvalue weighted by Gasteiger charge is 2.44. The van der Waals surface area contributed by atoms with Gasteiger partial charge >= 0.3 is 12.1 Å². The Kier molecular flexibility index (Phi) is 14.7. The highest BCUT2D eigenvalue weighted by molar-refractivity contribution is 5.86. The van der Waals surface area contributed by atoms with E-state index in [0.717, 1.165) is 32.1 Å². The number of amides is 1. The molecule has 1 fully saturated rings. The molecule has 0 unspecified atom stereocenters. The Morgan fingerprint density at radius 2 is 1.21 bits per heavy atom. The Morgan fingerprint density at radius 1 is 0.690 bits per heavy atom. The number of carbonyl (C=O) groups is 2. The van der Waals surface area contributed by atoms with Crippen molar-refractivity contribution in [3.8, 4) is 0 Å². The molecule has 0 aliphatic heterocycles. The smallest absolute Gasteiger partial charge is 0.408 e. The molecule has 170 valence electrons. The first-order valence-electron chi connectivity index (χ1n) is 12.3. The van der Waals surface area contributed by atoms with Crippen LogP contribution in [0.25, 0.3) is 0 Å². The Hall–Kier alpha value is -1.26. The Balaban J connectivity index is 2.06. The maximum absolute atomic E-state index is 12.6. The molecule has 0 aromatic rings. The third kappa shape index (κ3) is 11.5. The van der Waals surface area contributed by atoms with Gasteiger partial charge in [0.25, 0.3) is 0 Å². The fraction of sp³-hybridized carbons (Fsp3) is 0.917. The number of nitrogens with one attached hydrogen (secondary N) is 1. The van der Waals surface area contributed by atoms with E-state index in [9.17, 15) is 9.59 Å². The summed E-state index contributed by atoms with van der Waals surface area (Å²) in [6.07, 6.45) is 18.8. The van der Waals surface area contributed by atoms with Crippen LogP contribution in [0.5, 0.6) is 0 Å². The van der Waals surface area contributed by atoms with Crippen molar-refractivity contribution in [2.75, 3.05) is 13.2 Å². The number of alkyl carbamates (subject to hydrolysis) is 1. The highest BCUT2D eigenvalue weighted by Crippen LogP contribution is 2.31. The second kappa shape index (κ2) is 16.5. The average Bonchev–Trinajstić information content (AvgIpc) is 3.19. The number of esters is 1. The zero-order chi connectivity index (χ0) is 21.2. The number of ether oxygens (including phenoxy) is 2. The Bertz CT molecular complexity index is 433. The first kappa shape index (κ1) is 25.8. The lowest BCUT2D eigenvalue weighted by Crippen LogP contribution is -2.53. The molecule has 0 aromatic heterocycles. The third-order valence-corrected chi connectivity index (χ3v) is 5.86. The number of carbonyl (C=O) groups excluding carboxylic acids is 2. The van der Waals surface area contributed by atoms with Crippen LogP contribution in [0.15, 0.2) is 0 Å². The average molecular weight is 412 g/mol. The van der Waals surface area contributed by atoms with Gasteiger partial charge in [0, 0.05) is 0 Å². The maximum atomic E-state index is 12.6. The van der Waals surface area contributed by atoms with E-state index in [4.69, 9.17) is 9.47 Å². The van der Waals surface area contributed by atoms with Crippen LogP contribution >= 0.6 is 0 Å². The first-order valence-corrected chi connectivity index (χ1v) is 12.3. The number of rotatable bonds is 17. The van der Waals surface area contributed by atoms with Gasteiger partial charge in [0.2, 0.25) is 0 Å². The molecule has 5 nitrogen and oxygen atoms in total. The van der Waals surface area contributed by atoms with Crippen molar-refractivity contribution in [2.24, 2.45) is 0 Å². The van der Waals surface area contributed by atoms with Crippen molar-refractivity contribution in [1.82, 2.24) is 5.32 Å². The van der Waals surface area contributed by atoms with Crippen LogP contribution in [0.2, 0.25) is 0 Å². The van der Waals surface area contributed by atoms with E-state index in [1.165, 1.54) is 64.2 Å². The van der Waals surface area contributed by atoms with Gasteiger partial charge in [0.15, 0.2) is 0 Å². The second-order valence-corrected chi connectivity index (χ2v) is 8.58. The minimum absolute atomic E-state index is 0.286. The SMILES string of the molecule is CCCCCCCCCCCCCCOC(=O)C1(NC(=O)OCCC)CCCC1. The number of hydrogen-bond donors (Lipinski definition) is 1. The summed E-state index contributed by atoms with van der Waals surface area (Å²) in [7, 11) is 0. The standard InChI is InChI=1S/C24H45NO4/c1-3-5-6-7-8-9-10-11-12-13-14-17-21-28-22(26)24(18-15-16-19-24)25-23(27)29-20-4-2/h3-21H2,1-2H3,(H,25,27). The molecule has 0 atom stereocenters. The van der Waals surface area contributed by atoms with Crippen molar-refractivity contribution in [3.63, 3.8) is 0 Å². The second-order valence-electron chi connectivity index (χ2n) is 8.58. The fourth-order valence-corrected chi connectivity index (χ4v) is 4.03. The van der Waals surface area contributed by atoms with E-state index in [1.807, 2.05) is 6.92 Å². The lowest BCUT2D eigenvalue weighted by atomic mass is 9.98. The van der Waals surface area contributed by atoms with E-state index in [1.54, 1.807) is 0 Å². The predicted octanol–water partition coefficient (Wildman–Crippen LogP) is 6.68. The van der Waals surface area contributed by atoms with E-state index >= 15 is 0 Å². The summed E-state index contributed by atoms with van der Waals surface area (Å²) in [6, 6.07) is 0. The molecular weight excluding hydrogens is 366 g/mol. The third-order valence-electron chi connectivity index (χ3n) is 5.86. The molecule has 0 aromatic carbocycles. The Labute approximate surface area is 178 Å². The minimum Gasteiger partial charge on any atom is -0.464 e. The summed E-state index contributed by atoms with van der Waals surface area (Å²) in [6.45, 7) is 5.02. The van der Waals surface area contributed by atoms with Crippen molar-refractivity contribution in [1.29, 1.82) is 0 Å². The molecular formula is C24H45NO4. The Morgan fingerprint density at radius 3 is 1.72 bits per heavy atom. The van der Waals surface area contributed by atoms with Gasteiger partial charge in [-0.25, -0.2) is 9.59 Å². The van der Waals surface area contributed by atoms with Gasteiger partial charge in [0.1, 0.15) is 5.54 Å². The number of unbranched alkanes of at least 4 members (excludes halogenated alkanes) is 11. The van der Waals surface area contributed by atoms with Crippen molar-refractivity contribution < 1.29 is 19.1 Å². The molecule has 1 rings (SSSR count). The molecule has 5 heteroatoms. The molecule has 1 aliphatic rings. The van der Waals surface area contributed by atoms with Crippen molar-refractivity contribution >= 4 is 12.1 Å². The molecule has 0 saturated heterocycles.